The van der Waals surface area contributed by atoms with Gasteiger partial charge in [0.15, 0.2) is 0 Å². The van der Waals surface area contributed by atoms with E-state index < -0.39 is 6.16 Å². The molecule has 31 heavy (non-hydrogen) atoms. The molecule has 0 atom stereocenters. The molecular weight excluding hydrogens is 455 g/mol. The number of thiazole rings is 1. The summed E-state index contributed by atoms with van der Waals surface area (Å²) in [4.78, 5) is 15.9. The summed E-state index contributed by atoms with van der Waals surface area (Å²) in [6.45, 7) is 0. The fraction of sp³-hybridized carbons (Fsp3) is 0. The molecule has 0 aliphatic rings. The summed E-state index contributed by atoms with van der Waals surface area (Å²) in [6.07, 6.45) is -1.41. The van der Waals surface area contributed by atoms with E-state index in [1.54, 1.807) is 48.5 Å². The van der Waals surface area contributed by atoms with Crippen molar-refractivity contribution in [3.05, 3.63) is 81.7 Å². The van der Waals surface area contributed by atoms with Crippen LogP contribution in [0.2, 0.25) is 10.0 Å². The number of hydrogen-bond donors (Lipinski definition) is 1. The highest BCUT2D eigenvalue weighted by Gasteiger charge is 2.15. The highest BCUT2D eigenvalue weighted by molar-refractivity contribution is 7.13. The SMILES string of the molecule is N#Cc1ccc(-c2ccc(-c3nc(-c4ccc(Cl)c(Cl)c4)cs3)cc2OC(=O)O)cc1. The normalized spacial score (nSPS) is 10.5. The summed E-state index contributed by atoms with van der Waals surface area (Å²) in [7, 11) is 0. The van der Waals surface area contributed by atoms with Crippen molar-refractivity contribution in [2.45, 2.75) is 0 Å². The molecule has 5 nitrogen and oxygen atoms in total. The van der Waals surface area contributed by atoms with Gasteiger partial charge in [0.2, 0.25) is 0 Å². The minimum absolute atomic E-state index is 0.181. The Kier molecular flexibility index (Phi) is 5.92. The number of nitrogens with zero attached hydrogens (tertiary/aromatic N) is 2. The molecule has 0 saturated heterocycles. The average molecular weight is 467 g/mol. The zero-order valence-electron chi connectivity index (χ0n) is 15.7. The Labute approximate surface area is 191 Å². The number of rotatable bonds is 4. The number of carbonyl (C=O) groups is 1. The fourth-order valence-corrected chi connectivity index (χ4v) is 4.12. The lowest BCUT2D eigenvalue weighted by Gasteiger charge is -2.10. The topological polar surface area (TPSA) is 83.2 Å². The van der Waals surface area contributed by atoms with E-state index in [2.05, 4.69) is 11.1 Å². The lowest BCUT2D eigenvalue weighted by molar-refractivity contribution is 0.144. The molecule has 1 N–H and O–H groups in total. The van der Waals surface area contributed by atoms with Gasteiger partial charge in [0.05, 0.1) is 27.4 Å². The summed E-state index contributed by atoms with van der Waals surface area (Å²) in [6, 6.07) is 19.4. The van der Waals surface area contributed by atoms with Crippen LogP contribution < -0.4 is 4.74 Å². The van der Waals surface area contributed by atoms with Crippen molar-refractivity contribution >= 4 is 40.7 Å². The molecule has 0 fully saturated rings. The predicted octanol–water partition coefficient (Wildman–Crippen LogP) is 7.38. The van der Waals surface area contributed by atoms with Gasteiger partial charge in [-0.15, -0.1) is 11.3 Å². The summed E-state index contributed by atoms with van der Waals surface area (Å²) >= 11 is 13.5. The molecule has 1 heterocycles. The molecule has 0 amide bonds. The van der Waals surface area contributed by atoms with E-state index >= 15 is 0 Å². The number of hydrogen-bond acceptors (Lipinski definition) is 5. The van der Waals surface area contributed by atoms with Crippen molar-refractivity contribution in [3.8, 4) is 44.8 Å². The minimum atomic E-state index is -1.41. The van der Waals surface area contributed by atoms with Gasteiger partial charge in [-0.3, -0.25) is 0 Å². The van der Waals surface area contributed by atoms with Crippen LogP contribution in [0.4, 0.5) is 4.79 Å². The first-order chi connectivity index (χ1) is 14.9. The van der Waals surface area contributed by atoms with Crippen molar-refractivity contribution in [3.63, 3.8) is 0 Å². The van der Waals surface area contributed by atoms with Crippen LogP contribution in [0.3, 0.4) is 0 Å². The number of benzene rings is 3. The van der Waals surface area contributed by atoms with Crippen LogP contribution in [0.1, 0.15) is 5.56 Å². The molecule has 0 saturated carbocycles. The Morgan fingerprint density at radius 2 is 1.68 bits per heavy atom. The molecule has 1 aromatic heterocycles. The first-order valence-electron chi connectivity index (χ1n) is 8.91. The second-order valence-corrected chi connectivity index (χ2v) is 8.11. The van der Waals surface area contributed by atoms with Crippen molar-refractivity contribution in [2.24, 2.45) is 0 Å². The predicted molar refractivity (Wildman–Crippen MR) is 122 cm³/mol. The molecule has 4 aromatic rings. The number of halogens is 2. The smallest absolute Gasteiger partial charge is 0.449 e. The van der Waals surface area contributed by atoms with E-state index in [9.17, 15) is 9.90 Å². The van der Waals surface area contributed by atoms with Crippen molar-refractivity contribution < 1.29 is 14.6 Å². The zero-order chi connectivity index (χ0) is 22.0. The second-order valence-electron chi connectivity index (χ2n) is 6.43. The van der Waals surface area contributed by atoms with Gasteiger partial charge in [-0.2, -0.15) is 5.26 Å². The molecule has 4 rings (SSSR count). The van der Waals surface area contributed by atoms with E-state index in [0.717, 1.165) is 16.8 Å². The van der Waals surface area contributed by atoms with Crippen LogP contribution in [0, 0.1) is 11.3 Å². The van der Waals surface area contributed by atoms with Crippen molar-refractivity contribution in [2.75, 3.05) is 0 Å². The zero-order valence-corrected chi connectivity index (χ0v) is 18.0. The van der Waals surface area contributed by atoms with Gasteiger partial charge in [0, 0.05) is 22.1 Å². The second kappa shape index (κ2) is 8.78. The average Bonchev–Trinajstić information content (AvgIpc) is 3.26. The van der Waals surface area contributed by atoms with Crippen LogP contribution in [0.15, 0.2) is 66.0 Å². The summed E-state index contributed by atoms with van der Waals surface area (Å²) < 4.78 is 5.04. The van der Waals surface area contributed by atoms with Gasteiger partial charge in [0.25, 0.3) is 0 Å². The molecular formula is C23H12Cl2N2O3S. The first-order valence-corrected chi connectivity index (χ1v) is 10.5. The number of carboxylic acid groups (broad SMARTS) is 1. The maximum absolute atomic E-state index is 11.2. The van der Waals surface area contributed by atoms with E-state index in [1.165, 1.54) is 11.3 Å². The Morgan fingerprint density at radius 3 is 2.35 bits per heavy atom. The van der Waals surface area contributed by atoms with E-state index in [-0.39, 0.29) is 5.75 Å². The highest BCUT2D eigenvalue weighted by Crippen LogP contribution is 2.37. The molecule has 0 aliphatic heterocycles. The lowest BCUT2D eigenvalue weighted by atomic mass is 10.0. The molecule has 3 aromatic carbocycles. The van der Waals surface area contributed by atoms with Crippen LogP contribution in [-0.2, 0) is 0 Å². The van der Waals surface area contributed by atoms with Crippen LogP contribution in [0.5, 0.6) is 5.75 Å². The third-order valence-electron chi connectivity index (χ3n) is 4.47. The monoisotopic (exact) mass is 466 g/mol. The lowest BCUT2D eigenvalue weighted by Crippen LogP contribution is -2.04. The van der Waals surface area contributed by atoms with Crippen molar-refractivity contribution in [1.29, 1.82) is 5.26 Å². The van der Waals surface area contributed by atoms with Gasteiger partial charge in [-0.1, -0.05) is 47.5 Å². The number of nitriles is 1. The Morgan fingerprint density at radius 1 is 0.968 bits per heavy atom. The highest BCUT2D eigenvalue weighted by atomic mass is 35.5. The molecule has 8 heteroatoms. The first kappa shape index (κ1) is 20.9. The third kappa shape index (κ3) is 4.54. The molecule has 0 spiro atoms. The number of ether oxygens (including phenoxy) is 1. The quantitative estimate of drug-likeness (QED) is 0.250. The van der Waals surface area contributed by atoms with Gasteiger partial charge >= 0.3 is 6.16 Å². The maximum Gasteiger partial charge on any atom is 0.511 e. The molecule has 0 radical (unpaired) electrons. The van der Waals surface area contributed by atoms with E-state index in [0.29, 0.717) is 31.7 Å². The fourth-order valence-electron chi connectivity index (χ4n) is 2.99. The Balaban J connectivity index is 1.72. The van der Waals surface area contributed by atoms with E-state index in [1.807, 2.05) is 17.5 Å². The molecule has 0 bridgehead atoms. The summed E-state index contributed by atoms with van der Waals surface area (Å²) in [5.74, 6) is 0.181. The van der Waals surface area contributed by atoms with Crippen LogP contribution in [-0.4, -0.2) is 16.2 Å². The summed E-state index contributed by atoms with van der Waals surface area (Å²) in [5.41, 5.74) is 4.11. The minimum Gasteiger partial charge on any atom is -0.449 e. The van der Waals surface area contributed by atoms with Gasteiger partial charge < -0.3 is 9.84 Å². The Bertz CT molecular complexity index is 1330. The van der Waals surface area contributed by atoms with Gasteiger partial charge in [0.1, 0.15) is 10.8 Å². The third-order valence-corrected chi connectivity index (χ3v) is 6.10. The maximum atomic E-state index is 11.2. The molecule has 0 aliphatic carbocycles. The van der Waals surface area contributed by atoms with Gasteiger partial charge in [-0.25, -0.2) is 9.78 Å². The van der Waals surface area contributed by atoms with E-state index in [4.69, 9.17) is 33.2 Å². The molecule has 0 unspecified atom stereocenters. The largest absolute Gasteiger partial charge is 0.511 e. The standard InChI is InChI=1S/C23H12Cl2N2O3S/c24-18-8-6-15(9-19(18)25)20-12-31-22(27-20)16-5-7-17(21(10-16)30-23(28)29)14-3-1-13(11-26)2-4-14/h1-10,12H,(H,28,29). The van der Waals surface area contributed by atoms with Crippen LogP contribution >= 0.6 is 34.5 Å². The molecule has 152 valence electrons. The Hall–Kier alpha value is -3.37. The van der Waals surface area contributed by atoms with Crippen molar-refractivity contribution in [1.82, 2.24) is 4.98 Å². The summed E-state index contributed by atoms with van der Waals surface area (Å²) in [5, 5.41) is 21.7. The number of aromatic nitrogens is 1. The van der Waals surface area contributed by atoms with Gasteiger partial charge in [-0.05, 0) is 42.0 Å². The van der Waals surface area contributed by atoms with Crippen LogP contribution in [0.25, 0.3) is 33.0 Å².